The van der Waals surface area contributed by atoms with Gasteiger partial charge in [0.2, 0.25) is 0 Å². The minimum Gasteiger partial charge on any atom is -0.381 e. The Labute approximate surface area is 124 Å². The highest BCUT2D eigenvalue weighted by Gasteiger charge is 2.31. The van der Waals surface area contributed by atoms with E-state index >= 15 is 0 Å². The molecule has 0 bridgehead atoms. The van der Waals surface area contributed by atoms with Gasteiger partial charge in [0.25, 0.3) is 0 Å². The molecule has 1 heterocycles. The molecule has 1 aromatic rings. The van der Waals surface area contributed by atoms with Crippen LogP contribution in [-0.4, -0.2) is 25.3 Å². The van der Waals surface area contributed by atoms with Crippen molar-refractivity contribution in [1.29, 1.82) is 0 Å². The first-order valence-electron chi connectivity index (χ1n) is 7.00. The van der Waals surface area contributed by atoms with E-state index in [9.17, 15) is 0 Å². The summed E-state index contributed by atoms with van der Waals surface area (Å²) in [6.45, 7) is 1.69. The third kappa shape index (κ3) is 3.63. The average molecular weight is 300 g/mol. The van der Waals surface area contributed by atoms with Gasteiger partial charge in [-0.05, 0) is 43.4 Å². The van der Waals surface area contributed by atoms with Gasteiger partial charge in [-0.15, -0.1) is 0 Å². The van der Waals surface area contributed by atoms with Crippen LogP contribution in [0.15, 0.2) is 18.2 Å². The highest BCUT2D eigenvalue weighted by Crippen LogP contribution is 2.29. The summed E-state index contributed by atoms with van der Waals surface area (Å²) in [4.78, 5) is 0. The van der Waals surface area contributed by atoms with Crippen LogP contribution in [0.4, 0.5) is 0 Å². The average Bonchev–Trinajstić information content (AvgIpc) is 3.19. The molecule has 0 radical (unpaired) electrons. The van der Waals surface area contributed by atoms with Crippen molar-refractivity contribution in [2.45, 2.75) is 37.8 Å². The van der Waals surface area contributed by atoms with Gasteiger partial charge < -0.3 is 10.1 Å². The summed E-state index contributed by atoms with van der Waals surface area (Å²) >= 11 is 12.2. The molecular weight excluding hydrogens is 281 g/mol. The Hall–Kier alpha value is -0.280. The molecule has 1 aromatic carbocycles. The van der Waals surface area contributed by atoms with Gasteiger partial charge in [0.15, 0.2) is 0 Å². The van der Waals surface area contributed by atoms with E-state index in [1.807, 2.05) is 18.2 Å². The van der Waals surface area contributed by atoms with Crippen LogP contribution >= 0.6 is 23.2 Å². The van der Waals surface area contributed by atoms with Crippen molar-refractivity contribution in [2.75, 3.05) is 13.2 Å². The first-order chi connectivity index (χ1) is 9.22. The zero-order chi connectivity index (χ0) is 13.2. The predicted octanol–water partition coefficient (Wildman–Crippen LogP) is 3.69. The lowest BCUT2D eigenvalue weighted by Crippen LogP contribution is -2.44. The lowest BCUT2D eigenvalue weighted by Gasteiger charge is -2.32. The van der Waals surface area contributed by atoms with Gasteiger partial charge >= 0.3 is 0 Å². The number of benzene rings is 1. The smallest absolute Gasteiger partial charge is 0.0512 e. The molecule has 4 heteroatoms. The van der Waals surface area contributed by atoms with Crippen molar-refractivity contribution in [2.24, 2.45) is 5.92 Å². The summed E-state index contributed by atoms with van der Waals surface area (Å²) in [7, 11) is 0. The van der Waals surface area contributed by atoms with E-state index in [1.165, 1.54) is 18.4 Å². The number of nitrogens with one attached hydrogen (secondary N) is 1. The fourth-order valence-corrected chi connectivity index (χ4v) is 3.23. The third-order valence-electron chi connectivity index (χ3n) is 4.00. The molecule has 1 saturated carbocycles. The van der Waals surface area contributed by atoms with Crippen LogP contribution in [-0.2, 0) is 11.2 Å². The summed E-state index contributed by atoms with van der Waals surface area (Å²) in [5.41, 5.74) is 1.17. The summed E-state index contributed by atoms with van der Waals surface area (Å²) in [5.74, 6) is 0.507. The van der Waals surface area contributed by atoms with Gasteiger partial charge in [-0.3, -0.25) is 0 Å². The van der Waals surface area contributed by atoms with Crippen LogP contribution in [0.25, 0.3) is 0 Å². The standard InChI is InChI=1S/C15H19Cl2NO/c16-12-2-1-10(14(17)8-12)7-11-9-19-6-5-15(11)18-13-3-4-13/h1-2,8,11,13,15,18H,3-7,9H2/t11-,15-/m1/s1. The van der Waals surface area contributed by atoms with Crippen LogP contribution in [0.1, 0.15) is 24.8 Å². The van der Waals surface area contributed by atoms with Crippen molar-refractivity contribution in [1.82, 2.24) is 5.32 Å². The molecule has 1 N–H and O–H groups in total. The Kier molecular flexibility index (Phi) is 4.33. The van der Waals surface area contributed by atoms with E-state index in [0.29, 0.717) is 17.0 Å². The number of hydrogen-bond donors (Lipinski definition) is 1. The summed E-state index contributed by atoms with van der Waals surface area (Å²) < 4.78 is 5.64. The van der Waals surface area contributed by atoms with Crippen molar-refractivity contribution < 1.29 is 4.74 Å². The van der Waals surface area contributed by atoms with E-state index in [0.717, 1.165) is 37.1 Å². The quantitative estimate of drug-likeness (QED) is 0.915. The SMILES string of the molecule is Clc1ccc(C[C@@H]2COCC[C@H]2NC2CC2)c(Cl)c1. The van der Waals surface area contributed by atoms with Gasteiger partial charge in [-0.25, -0.2) is 0 Å². The first kappa shape index (κ1) is 13.7. The molecule has 1 aliphatic heterocycles. The highest BCUT2D eigenvalue weighted by molar-refractivity contribution is 6.35. The molecule has 2 fully saturated rings. The second-order valence-electron chi connectivity index (χ2n) is 5.61. The lowest BCUT2D eigenvalue weighted by atomic mass is 9.89. The van der Waals surface area contributed by atoms with Crippen molar-refractivity contribution in [3.05, 3.63) is 33.8 Å². The molecule has 3 rings (SSSR count). The van der Waals surface area contributed by atoms with E-state index in [4.69, 9.17) is 27.9 Å². The molecular formula is C15H19Cl2NO. The fraction of sp³-hybridized carbons (Fsp3) is 0.600. The van der Waals surface area contributed by atoms with Crippen molar-refractivity contribution in [3.8, 4) is 0 Å². The van der Waals surface area contributed by atoms with Crippen LogP contribution in [0.2, 0.25) is 10.0 Å². The van der Waals surface area contributed by atoms with Gasteiger partial charge in [0.1, 0.15) is 0 Å². The summed E-state index contributed by atoms with van der Waals surface area (Å²) in [6.07, 6.45) is 4.71. The topological polar surface area (TPSA) is 21.3 Å². The normalized spacial score (nSPS) is 27.5. The van der Waals surface area contributed by atoms with E-state index in [1.54, 1.807) is 0 Å². The number of halogens is 2. The highest BCUT2D eigenvalue weighted by atomic mass is 35.5. The molecule has 2 nitrogen and oxygen atoms in total. The number of rotatable bonds is 4. The van der Waals surface area contributed by atoms with Crippen molar-refractivity contribution >= 4 is 23.2 Å². The second-order valence-corrected chi connectivity index (χ2v) is 6.45. The van der Waals surface area contributed by atoms with Gasteiger partial charge in [-0.1, -0.05) is 29.3 Å². The molecule has 19 heavy (non-hydrogen) atoms. The molecule has 1 saturated heterocycles. The molecule has 2 aliphatic rings. The zero-order valence-corrected chi connectivity index (χ0v) is 12.4. The van der Waals surface area contributed by atoms with Crippen LogP contribution in [0.3, 0.4) is 0 Å². The number of ether oxygens (including phenoxy) is 1. The monoisotopic (exact) mass is 299 g/mol. The molecule has 1 aliphatic carbocycles. The molecule has 104 valence electrons. The molecule has 0 unspecified atom stereocenters. The Morgan fingerprint density at radius 1 is 1.21 bits per heavy atom. The zero-order valence-electron chi connectivity index (χ0n) is 10.9. The Balaban J connectivity index is 1.68. The maximum absolute atomic E-state index is 6.27. The van der Waals surface area contributed by atoms with Gasteiger partial charge in [0.05, 0.1) is 6.61 Å². The van der Waals surface area contributed by atoms with E-state index in [2.05, 4.69) is 5.32 Å². The van der Waals surface area contributed by atoms with Gasteiger partial charge in [-0.2, -0.15) is 0 Å². The maximum Gasteiger partial charge on any atom is 0.0512 e. The van der Waals surface area contributed by atoms with E-state index in [-0.39, 0.29) is 0 Å². The predicted molar refractivity (Wildman–Crippen MR) is 79.0 cm³/mol. The molecule has 0 spiro atoms. The van der Waals surface area contributed by atoms with Crippen molar-refractivity contribution in [3.63, 3.8) is 0 Å². The minimum absolute atomic E-state index is 0.507. The van der Waals surface area contributed by atoms with Crippen LogP contribution < -0.4 is 5.32 Å². The van der Waals surface area contributed by atoms with Crippen LogP contribution in [0.5, 0.6) is 0 Å². The summed E-state index contributed by atoms with van der Waals surface area (Å²) in [5, 5.41) is 5.21. The molecule has 0 aromatic heterocycles. The second kappa shape index (κ2) is 6.01. The maximum atomic E-state index is 6.27. The number of hydrogen-bond acceptors (Lipinski definition) is 2. The third-order valence-corrected chi connectivity index (χ3v) is 4.59. The minimum atomic E-state index is 0.507. The van der Waals surface area contributed by atoms with Gasteiger partial charge in [0, 0.05) is 34.7 Å². The molecule has 2 atom stereocenters. The van der Waals surface area contributed by atoms with E-state index < -0.39 is 0 Å². The Morgan fingerprint density at radius 3 is 2.79 bits per heavy atom. The summed E-state index contributed by atoms with van der Waals surface area (Å²) in [6, 6.07) is 7.08. The Bertz CT molecular complexity index is 448. The largest absolute Gasteiger partial charge is 0.381 e. The first-order valence-corrected chi connectivity index (χ1v) is 7.75. The Morgan fingerprint density at radius 2 is 2.05 bits per heavy atom. The lowest BCUT2D eigenvalue weighted by molar-refractivity contribution is 0.0316. The van der Waals surface area contributed by atoms with Crippen LogP contribution in [0, 0.1) is 5.92 Å². The molecule has 0 amide bonds. The fourth-order valence-electron chi connectivity index (χ4n) is 2.74.